The van der Waals surface area contributed by atoms with Crippen molar-refractivity contribution in [3.63, 3.8) is 0 Å². The number of nitrogens with one attached hydrogen (secondary N) is 1. The third kappa shape index (κ3) is 3.22. The zero-order valence-electron chi connectivity index (χ0n) is 8.66. The lowest BCUT2D eigenvalue weighted by atomic mass is 10.2. The molecule has 0 saturated carbocycles. The van der Waals surface area contributed by atoms with Gasteiger partial charge in [-0.25, -0.2) is 0 Å². The fourth-order valence-corrected chi connectivity index (χ4v) is 1.56. The zero-order chi connectivity index (χ0) is 11.4. The van der Waals surface area contributed by atoms with Crippen molar-refractivity contribution in [2.45, 2.75) is 26.0 Å². The monoisotopic (exact) mass is 268 g/mol. The van der Waals surface area contributed by atoms with Crippen LogP contribution < -0.4 is 5.32 Å². The number of hydrogen-bond acceptors (Lipinski definition) is 3. The molecule has 15 heavy (non-hydrogen) atoms. The molecule has 1 aromatic carbocycles. The van der Waals surface area contributed by atoms with E-state index in [4.69, 9.17) is 5.26 Å². The van der Waals surface area contributed by atoms with E-state index in [1.165, 1.54) is 0 Å². The van der Waals surface area contributed by atoms with Crippen LogP contribution in [0.4, 0.5) is 5.69 Å². The molecule has 0 bridgehead atoms. The Kier molecular flexibility index (Phi) is 4.13. The van der Waals surface area contributed by atoms with E-state index < -0.39 is 6.10 Å². The maximum Gasteiger partial charge on any atom is 0.0992 e. The first-order valence-corrected chi connectivity index (χ1v) is 5.48. The summed E-state index contributed by atoms with van der Waals surface area (Å²) in [6.45, 7) is 3.63. The van der Waals surface area contributed by atoms with Gasteiger partial charge < -0.3 is 10.4 Å². The van der Waals surface area contributed by atoms with Crippen LogP contribution in [0.2, 0.25) is 0 Å². The molecular formula is C11H13BrN2O. The van der Waals surface area contributed by atoms with Gasteiger partial charge >= 0.3 is 0 Å². The highest BCUT2D eigenvalue weighted by atomic mass is 79.9. The number of hydrogen-bond donors (Lipinski definition) is 2. The van der Waals surface area contributed by atoms with Crippen molar-refractivity contribution in [2.75, 3.05) is 5.32 Å². The minimum atomic E-state index is -0.424. The predicted octanol–water partition coefficient (Wildman–Crippen LogP) is 2.50. The van der Waals surface area contributed by atoms with Crippen LogP contribution in [0, 0.1) is 11.3 Å². The molecule has 0 aliphatic carbocycles. The first-order chi connectivity index (χ1) is 7.04. The average molecular weight is 269 g/mol. The van der Waals surface area contributed by atoms with E-state index in [1.807, 2.05) is 13.0 Å². The summed E-state index contributed by atoms with van der Waals surface area (Å²) in [6.07, 6.45) is -0.424. The number of halogens is 1. The third-order valence-electron chi connectivity index (χ3n) is 2.20. The van der Waals surface area contributed by atoms with Crippen LogP contribution in [0.5, 0.6) is 0 Å². The van der Waals surface area contributed by atoms with Crippen LogP contribution in [0.1, 0.15) is 19.4 Å². The smallest absolute Gasteiger partial charge is 0.0992 e. The number of benzene rings is 1. The van der Waals surface area contributed by atoms with Crippen molar-refractivity contribution in [3.8, 4) is 6.07 Å². The Morgan fingerprint density at radius 3 is 2.60 bits per heavy atom. The average Bonchev–Trinajstić information content (AvgIpc) is 2.20. The number of rotatable bonds is 3. The van der Waals surface area contributed by atoms with E-state index in [-0.39, 0.29) is 6.04 Å². The third-order valence-corrected chi connectivity index (χ3v) is 2.86. The molecule has 0 spiro atoms. The van der Waals surface area contributed by atoms with Crippen LogP contribution >= 0.6 is 15.9 Å². The van der Waals surface area contributed by atoms with Gasteiger partial charge in [0.1, 0.15) is 0 Å². The molecule has 0 amide bonds. The Balaban J connectivity index is 2.84. The topological polar surface area (TPSA) is 56.0 Å². The van der Waals surface area contributed by atoms with Gasteiger partial charge in [0.05, 0.1) is 17.7 Å². The largest absolute Gasteiger partial charge is 0.391 e. The van der Waals surface area contributed by atoms with Gasteiger partial charge in [0.25, 0.3) is 0 Å². The Labute approximate surface area is 97.9 Å². The maximum atomic E-state index is 9.34. The first kappa shape index (κ1) is 12.0. The molecule has 1 aromatic rings. The minimum absolute atomic E-state index is 0.0331. The molecule has 0 saturated heterocycles. The van der Waals surface area contributed by atoms with Gasteiger partial charge in [-0.05, 0) is 48.0 Å². The van der Waals surface area contributed by atoms with E-state index in [0.29, 0.717) is 5.56 Å². The molecule has 2 unspecified atom stereocenters. The Hall–Kier alpha value is -1.05. The van der Waals surface area contributed by atoms with E-state index in [9.17, 15) is 5.11 Å². The highest BCUT2D eigenvalue weighted by molar-refractivity contribution is 9.10. The lowest BCUT2D eigenvalue weighted by Crippen LogP contribution is -2.27. The van der Waals surface area contributed by atoms with Gasteiger partial charge in [-0.2, -0.15) is 5.26 Å². The summed E-state index contributed by atoms with van der Waals surface area (Å²) in [5, 5.41) is 21.2. The second kappa shape index (κ2) is 5.15. The van der Waals surface area contributed by atoms with Crippen molar-refractivity contribution in [1.29, 1.82) is 5.26 Å². The van der Waals surface area contributed by atoms with E-state index in [2.05, 4.69) is 27.3 Å². The van der Waals surface area contributed by atoms with Gasteiger partial charge in [0.2, 0.25) is 0 Å². The second-order valence-electron chi connectivity index (χ2n) is 3.48. The van der Waals surface area contributed by atoms with E-state index in [1.54, 1.807) is 19.1 Å². The summed E-state index contributed by atoms with van der Waals surface area (Å²) < 4.78 is 0.828. The van der Waals surface area contributed by atoms with Gasteiger partial charge in [-0.15, -0.1) is 0 Å². The standard InChI is InChI=1S/C11H13BrN2O/c1-7(8(2)15)14-11-4-3-9(6-13)5-10(11)12/h3-5,7-8,14-15H,1-2H3. The quantitative estimate of drug-likeness (QED) is 0.886. The first-order valence-electron chi connectivity index (χ1n) is 4.69. The molecular weight excluding hydrogens is 256 g/mol. The van der Waals surface area contributed by atoms with Crippen molar-refractivity contribution in [1.82, 2.24) is 0 Å². The number of aliphatic hydroxyl groups is 1. The van der Waals surface area contributed by atoms with Crippen LogP contribution in [0.3, 0.4) is 0 Å². The van der Waals surface area contributed by atoms with Gasteiger partial charge in [0.15, 0.2) is 0 Å². The highest BCUT2D eigenvalue weighted by Gasteiger charge is 2.10. The Morgan fingerprint density at radius 2 is 2.13 bits per heavy atom. The lowest BCUT2D eigenvalue weighted by Gasteiger charge is -2.18. The maximum absolute atomic E-state index is 9.34. The number of nitrogens with zero attached hydrogens (tertiary/aromatic N) is 1. The Morgan fingerprint density at radius 1 is 1.47 bits per heavy atom. The molecule has 4 heteroatoms. The van der Waals surface area contributed by atoms with Crippen LogP contribution in [-0.4, -0.2) is 17.3 Å². The number of nitriles is 1. The van der Waals surface area contributed by atoms with Crippen LogP contribution in [0.15, 0.2) is 22.7 Å². The SMILES string of the molecule is CC(O)C(C)Nc1ccc(C#N)cc1Br. The molecule has 3 nitrogen and oxygen atoms in total. The molecule has 0 aromatic heterocycles. The molecule has 0 aliphatic rings. The summed E-state index contributed by atoms with van der Waals surface area (Å²) in [6, 6.07) is 7.34. The summed E-state index contributed by atoms with van der Waals surface area (Å²) in [5.74, 6) is 0. The van der Waals surface area contributed by atoms with Crippen molar-refractivity contribution < 1.29 is 5.11 Å². The minimum Gasteiger partial charge on any atom is -0.391 e. The normalized spacial score (nSPS) is 14.1. The summed E-state index contributed by atoms with van der Waals surface area (Å²) >= 11 is 3.37. The van der Waals surface area contributed by atoms with Gasteiger partial charge in [0, 0.05) is 16.2 Å². The van der Waals surface area contributed by atoms with E-state index >= 15 is 0 Å². The van der Waals surface area contributed by atoms with E-state index in [0.717, 1.165) is 10.2 Å². The molecule has 80 valence electrons. The summed E-state index contributed by atoms with van der Waals surface area (Å²) in [7, 11) is 0. The highest BCUT2D eigenvalue weighted by Crippen LogP contribution is 2.24. The van der Waals surface area contributed by atoms with Gasteiger partial charge in [-0.1, -0.05) is 0 Å². The molecule has 0 heterocycles. The van der Waals surface area contributed by atoms with Crippen molar-refractivity contribution >= 4 is 21.6 Å². The molecule has 1 rings (SSSR count). The number of anilines is 1. The fraction of sp³-hybridized carbons (Fsp3) is 0.364. The van der Waals surface area contributed by atoms with Crippen LogP contribution in [0.25, 0.3) is 0 Å². The summed E-state index contributed by atoms with van der Waals surface area (Å²) in [4.78, 5) is 0. The molecule has 0 fully saturated rings. The van der Waals surface area contributed by atoms with Crippen LogP contribution in [-0.2, 0) is 0 Å². The zero-order valence-corrected chi connectivity index (χ0v) is 10.2. The van der Waals surface area contributed by atoms with Crippen molar-refractivity contribution in [2.24, 2.45) is 0 Å². The fourth-order valence-electron chi connectivity index (χ4n) is 1.07. The number of aliphatic hydroxyl groups excluding tert-OH is 1. The molecule has 0 aliphatic heterocycles. The molecule has 2 N–H and O–H groups in total. The lowest BCUT2D eigenvalue weighted by molar-refractivity contribution is 0.178. The predicted molar refractivity (Wildman–Crippen MR) is 63.6 cm³/mol. The summed E-state index contributed by atoms with van der Waals surface area (Å²) in [5.41, 5.74) is 1.49. The second-order valence-corrected chi connectivity index (χ2v) is 4.33. The van der Waals surface area contributed by atoms with Crippen molar-refractivity contribution in [3.05, 3.63) is 28.2 Å². The molecule has 0 radical (unpaired) electrons. The molecule has 2 atom stereocenters. The Bertz CT molecular complexity index is 385. The van der Waals surface area contributed by atoms with Gasteiger partial charge in [-0.3, -0.25) is 0 Å².